The van der Waals surface area contributed by atoms with Crippen molar-refractivity contribution >= 4 is 17.4 Å². The van der Waals surface area contributed by atoms with Crippen molar-refractivity contribution in [1.82, 2.24) is 24.3 Å². The molecule has 0 spiro atoms. The van der Waals surface area contributed by atoms with E-state index in [1.807, 2.05) is 29.2 Å². The Balaban J connectivity index is 1.26. The Hall–Kier alpha value is -3.81. The van der Waals surface area contributed by atoms with E-state index in [2.05, 4.69) is 39.3 Å². The molecule has 1 N–H and O–H groups in total. The Labute approximate surface area is 197 Å². The molecule has 4 heterocycles. The maximum atomic E-state index is 13.7. The number of likely N-dealkylation sites (tertiary alicyclic amines) is 1. The summed E-state index contributed by atoms with van der Waals surface area (Å²) < 4.78 is 15.4. The van der Waals surface area contributed by atoms with E-state index in [9.17, 15) is 9.18 Å². The van der Waals surface area contributed by atoms with Crippen LogP contribution in [0.4, 0.5) is 10.2 Å². The summed E-state index contributed by atoms with van der Waals surface area (Å²) in [6.07, 6.45) is 7.09. The number of hydrogen-bond acceptors (Lipinski definition) is 5. The molecule has 0 aliphatic carbocycles. The predicted molar refractivity (Wildman–Crippen MR) is 129 cm³/mol. The van der Waals surface area contributed by atoms with Crippen LogP contribution in [0.3, 0.4) is 0 Å². The molecule has 1 saturated heterocycles. The second-order valence-corrected chi connectivity index (χ2v) is 8.82. The maximum Gasteiger partial charge on any atom is 0.223 e. The number of fused-ring (bicyclic) bond motifs is 1. The van der Waals surface area contributed by atoms with Crippen molar-refractivity contribution in [3.05, 3.63) is 78.5 Å². The number of halogens is 1. The molecule has 0 radical (unpaired) electrons. The fraction of sp³-hybridized carbons (Fsp3) is 0.308. The second-order valence-electron chi connectivity index (χ2n) is 8.82. The van der Waals surface area contributed by atoms with Gasteiger partial charge in [-0.2, -0.15) is 0 Å². The maximum absolute atomic E-state index is 13.7. The number of nitrogens with one attached hydrogen (secondary N) is 1. The molecule has 4 aromatic rings. The lowest BCUT2D eigenvalue weighted by molar-refractivity contribution is -0.132. The van der Waals surface area contributed by atoms with Crippen LogP contribution in [0.1, 0.15) is 37.7 Å². The number of amides is 1. The zero-order valence-electron chi connectivity index (χ0n) is 19.1. The quantitative estimate of drug-likeness (QED) is 0.460. The molecule has 34 heavy (non-hydrogen) atoms. The number of benzene rings is 1. The Morgan fingerprint density at radius 2 is 2.03 bits per heavy atom. The molecule has 0 saturated carbocycles. The molecule has 8 heteroatoms. The second kappa shape index (κ2) is 9.59. The summed E-state index contributed by atoms with van der Waals surface area (Å²) in [6.45, 7) is 3.52. The molecule has 5 rings (SSSR count). The molecule has 1 aliphatic rings. The van der Waals surface area contributed by atoms with Crippen molar-refractivity contribution in [2.75, 3.05) is 18.4 Å². The van der Waals surface area contributed by atoms with E-state index in [1.54, 1.807) is 22.9 Å². The van der Waals surface area contributed by atoms with Gasteiger partial charge in [-0.05, 0) is 42.5 Å². The van der Waals surface area contributed by atoms with Gasteiger partial charge in [-0.3, -0.25) is 9.20 Å². The number of aromatic nitrogens is 4. The minimum atomic E-state index is -0.352. The SMILES string of the molecule is CC(CC(=O)N1CCCC(Nc2ccnc(-c3cnc4ccc(F)cn34)n2)C1)c1ccccc1. The van der Waals surface area contributed by atoms with Crippen LogP contribution >= 0.6 is 0 Å². The summed E-state index contributed by atoms with van der Waals surface area (Å²) in [7, 11) is 0. The first-order valence-electron chi connectivity index (χ1n) is 11.6. The lowest BCUT2D eigenvalue weighted by Gasteiger charge is -2.34. The third-order valence-electron chi connectivity index (χ3n) is 6.33. The van der Waals surface area contributed by atoms with Crippen molar-refractivity contribution in [2.45, 2.75) is 38.1 Å². The number of imidazole rings is 1. The van der Waals surface area contributed by atoms with Crippen molar-refractivity contribution in [3.8, 4) is 11.5 Å². The van der Waals surface area contributed by atoms with Crippen LogP contribution in [0.25, 0.3) is 17.2 Å². The van der Waals surface area contributed by atoms with E-state index in [0.29, 0.717) is 35.9 Å². The Morgan fingerprint density at radius 3 is 2.88 bits per heavy atom. The fourth-order valence-corrected chi connectivity index (χ4v) is 4.50. The van der Waals surface area contributed by atoms with Crippen molar-refractivity contribution in [1.29, 1.82) is 0 Å². The first-order chi connectivity index (χ1) is 16.6. The van der Waals surface area contributed by atoms with Gasteiger partial charge in [0.1, 0.15) is 23.0 Å². The van der Waals surface area contributed by atoms with Crippen LogP contribution in [0.2, 0.25) is 0 Å². The monoisotopic (exact) mass is 458 g/mol. The average Bonchev–Trinajstić information content (AvgIpc) is 3.28. The van der Waals surface area contributed by atoms with E-state index in [-0.39, 0.29) is 23.7 Å². The minimum absolute atomic E-state index is 0.104. The van der Waals surface area contributed by atoms with Gasteiger partial charge >= 0.3 is 0 Å². The van der Waals surface area contributed by atoms with Crippen LogP contribution in [0.15, 0.2) is 67.1 Å². The van der Waals surface area contributed by atoms with Gasteiger partial charge in [0.15, 0.2) is 5.82 Å². The highest BCUT2D eigenvalue weighted by Gasteiger charge is 2.25. The first kappa shape index (κ1) is 22.0. The normalized spacial score (nSPS) is 17.0. The lowest BCUT2D eigenvalue weighted by Crippen LogP contribution is -2.45. The molecule has 2 unspecified atom stereocenters. The topological polar surface area (TPSA) is 75.4 Å². The summed E-state index contributed by atoms with van der Waals surface area (Å²) in [6, 6.07) is 15.1. The lowest BCUT2D eigenvalue weighted by atomic mass is 9.96. The highest BCUT2D eigenvalue weighted by Crippen LogP contribution is 2.23. The zero-order chi connectivity index (χ0) is 23.5. The molecule has 3 aromatic heterocycles. The van der Waals surface area contributed by atoms with Crippen LogP contribution < -0.4 is 5.32 Å². The molecule has 1 amide bonds. The van der Waals surface area contributed by atoms with Crippen LogP contribution in [0.5, 0.6) is 0 Å². The Morgan fingerprint density at radius 1 is 1.18 bits per heavy atom. The Kier molecular flexibility index (Phi) is 6.20. The largest absolute Gasteiger partial charge is 0.365 e. The smallest absolute Gasteiger partial charge is 0.223 e. The summed E-state index contributed by atoms with van der Waals surface area (Å²) >= 11 is 0. The van der Waals surface area contributed by atoms with Gasteiger partial charge in [-0.1, -0.05) is 37.3 Å². The average molecular weight is 459 g/mol. The number of rotatable bonds is 6. The molecule has 7 nitrogen and oxygen atoms in total. The number of anilines is 1. The summed E-state index contributed by atoms with van der Waals surface area (Å²) in [5, 5.41) is 3.46. The van der Waals surface area contributed by atoms with Crippen LogP contribution in [0, 0.1) is 5.82 Å². The highest BCUT2D eigenvalue weighted by molar-refractivity contribution is 5.77. The fourth-order valence-electron chi connectivity index (χ4n) is 4.50. The summed E-state index contributed by atoms with van der Waals surface area (Å²) in [5.74, 6) is 1.15. The number of hydrogen-bond donors (Lipinski definition) is 1. The molecular weight excluding hydrogens is 431 g/mol. The van der Waals surface area contributed by atoms with Gasteiger partial charge in [-0.15, -0.1) is 0 Å². The number of piperidine rings is 1. The van der Waals surface area contributed by atoms with E-state index in [1.165, 1.54) is 17.8 Å². The van der Waals surface area contributed by atoms with Gasteiger partial charge in [0.25, 0.3) is 0 Å². The van der Waals surface area contributed by atoms with Gasteiger partial charge in [0.05, 0.1) is 6.20 Å². The number of carbonyl (C=O) groups is 1. The van der Waals surface area contributed by atoms with Gasteiger partial charge < -0.3 is 10.2 Å². The summed E-state index contributed by atoms with van der Waals surface area (Å²) in [4.78, 5) is 28.2. The molecule has 1 aliphatic heterocycles. The van der Waals surface area contributed by atoms with Crippen molar-refractivity contribution in [3.63, 3.8) is 0 Å². The summed E-state index contributed by atoms with van der Waals surface area (Å²) in [5.41, 5.74) is 2.43. The number of pyridine rings is 1. The minimum Gasteiger partial charge on any atom is -0.365 e. The molecule has 0 bridgehead atoms. The predicted octanol–water partition coefficient (Wildman–Crippen LogP) is 4.53. The van der Waals surface area contributed by atoms with Gasteiger partial charge in [-0.25, -0.2) is 19.3 Å². The molecule has 174 valence electrons. The van der Waals surface area contributed by atoms with Crippen molar-refractivity contribution in [2.24, 2.45) is 0 Å². The number of carbonyl (C=O) groups excluding carboxylic acids is 1. The van der Waals surface area contributed by atoms with Gasteiger partial charge in [0.2, 0.25) is 5.91 Å². The van der Waals surface area contributed by atoms with Crippen molar-refractivity contribution < 1.29 is 9.18 Å². The third-order valence-corrected chi connectivity index (χ3v) is 6.33. The highest BCUT2D eigenvalue weighted by atomic mass is 19.1. The van der Waals surface area contributed by atoms with Crippen LogP contribution in [-0.2, 0) is 4.79 Å². The molecule has 1 fully saturated rings. The third kappa shape index (κ3) is 4.76. The zero-order valence-corrected chi connectivity index (χ0v) is 19.1. The van der Waals surface area contributed by atoms with Gasteiger partial charge in [0, 0.05) is 37.9 Å². The first-order valence-corrected chi connectivity index (χ1v) is 11.6. The van der Waals surface area contributed by atoms with E-state index in [0.717, 1.165) is 19.4 Å². The standard InChI is InChI=1S/C26H27FN6O/c1-18(19-6-3-2-4-7-19)14-25(34)32-13-5-8-21(17-32)30-23-11-12-28-26(31-23)22-15-29-24-10-9-20(27)16-33(22)24/h2-4,6-7,9-12,15-16,18,21H,5,8,13-14,17H2,1H3,(H,28,30,31). The number of nitrogens with zero attached hydrogens (tertiary/aromatic N) is 5. The van der Waals surface area contributed by atoms with E-state index in [4.69, 9.17) is 0 Å². The molecule has 1 aromatic carbocycles. The van der Waals surface area contributed by atoms with E-state index < -0.39 is 0 Å². The molecule has 2 atom stereocenters. The molecular formula is C26H27FN6O. The van der Waals surface area contributed by atoms with Crippen LogP contribution in [-0.4, -0.2) is 49.3 Å². The van der Waals surface area contributed by atoms with E-state index >= 15 is 0 Å². The Bertz CT molecular complexity index is 1290.